The van der Waals surface area contributed by atoms with Gasteiger partial charge in [0.25, 0.3) is 0 Å². The average molecular weight is 415 g/mol. The maximum absolute atomic E-state index is 11.2. The van der Waals surface area contributed by atoms with Gasteiger partial charge in [-0.25, -0.2) is 0 Å². The highest BCUT2D eigenvalue weighted by Gasteiger charge is 2.16. The molecule has 0 aliphatic carbocycles. The van der Waals surface area contributed by atoms with Crippen LogP contribution in [0.2, 0.25) is 0 Å². The van der Waals surface area contributed by atoms with E-state index in [1.54, 1.807) is 6.21 Å². The summed E-state index contributed by atoms with van der Waals surface area (Å²) < 4.78 is 1.05. The van der Waals surface area contributed by atoms with Gasteiger partial charge in [0.15, 0.2) is 5.17 Å². The number of carbonyl (C=O) groups excluding carboxylic acids is 1. The Hall–Kier alpha value is -2.12. The van der Waals surface area contributed by atoms with Crippen molar-refractivity contribution in [1.82, 2.24) is 10.3 Å². The summed E-state index contributed by atoms with van der Waals surface area (Å²) in [5, 5.41) is 13.9. The summed E-state index contributed by atoms with van der Waals surface area (Å²) in [7, 11) is 0. The van der Waals surface area contributed by atoms with Crippen molar-refractivity contribution >= 4 is 66.8 Å². The normalized spacial score (nSPS) is 16.6. The summed E-state index contributed by atoms with van der Waals surface area (Å²) in [6.07, 6.45) is 1.75. The first kappa shape index (κ1) is 16.4. The molecule has 7 heteroatoms. The zero-order valence-electron chi connectivity index (χ0n) is 13.7. The highest BCUT2D eigenvalue weighted by atomic mass is 79.9. The molecule has 4 rings (SSSR count). The lowest BCUT2D eigenvalue weighted by molar-refractivity contribution is -0.116. The number of benzene rings is 2. The molecule has 0 bridgehead atoms. The lowest BCUT2D eigenvalue weighted by atomic mass is 9.99. The number of rotatable bonds is 2. The van der Waals surface area contributed by atoms with Gasteiger partial charge in [-0.05, 0) is 54.8 Å². The van der Waals surface area contributed by atoms with Gasteiger partial charge in [0.1, 0.15) is 0 Å². The Labute approximate surface area is 157 Å². The maximum atomic E-state index is 11.2. The van der Waals surface area contributed by atoms with E-state index in [2.05, 4.69) is 68.5 Å². The number of halogens is 1. The predicted octanol–water partition coefficient (Wildman–Crippen LogP) is 4.25. The number of aromatic nitrogens is 1. The third-order valence-electron chi connectivity index (χ3n) is 4.27. The fourth-order valence-electron chi connectivity index (χ4n) is 3.06. The van der Waals surface area contributed by atoms with E-state index in [-0.39, 0.29) is 5.91 Å². The summed E-state index contributed by atoms with van der Waals surface area (Å²) in [5.41, 5.74) is 5.59. The highest BCUT2D eigenvalue weighted by Crippen LogP contribution is 2.33. The van der Waals surface area contributed by atoms with Crippen molar-refractivity contribution in [3.05, 3.63) is 45.4 Å². The number of carbonyl (C=O) groups is 1. The second-order valence-electron chi connectivity index (χ2n) is 5.96. The lowest BCUT2D eigenvalue weighted by Gasteiger charge is -2.06. The molecule has 25 heavy (non-hydrogen) atoms. The van der Waals surface area contributed by atoms with E-state index in [1.807, 2.05) is 6.07 Å². The number of thioether (sulfide) groups is 1. The number of aryl methyl sites for hydroxylation is 2. The summed E-state index contributed by atoms with van der Waals surface area (Å²) in [4.78, 5) is 14.7. The van der Waals surface area contributed by atoms with E-state index in [4.69, 9.17) is 0 Å². The predicted molar refractivity (Wildman–Crippen MR) is 109 cm³/mol. The van der Waals surface area contributed by atoms with E-state index in [9.17, 15) is 4.79 Å². The number of hydrogen-bond donors (Lipinski definition) is 2. The summed E-state index contributed by atoms with van der Waals surface area (Å²) in [6.45, 7) is 4.18. The van der Waals surface area contributed by atoms with Crippen LogP contribution in [0.1, 0.15) is 16.7 Å². The lowest BCUT2D eigenvalue weighted by Crippen LogP contribution is -2.19. The molecule has 2 N–H and O–H groups in total. The SMILES string of the molecule is Cc1cc(C=NN=C2NC(=O)CS2)c(C)c2c1[nH]c1ccc(Br)cc12. The molecular weight excluding hydrogens is 400 g/mol. The Balaban J connectivity index is 1.82. The maximum Gasteiger partial charge on any atom is 0.236 e. The topological polar surface area (TPSA) is 69.6 Å². The number of hydrogen-bond acceptors (Lipinski definition) is 4. The number of H-pyrrole nitrogens is 1. The van der Waals surface area contributed by atoms with Gasteiger partial charge in [-0.15, -0.1) is 5.10 Å². The first-order chi connectivity index (χ1) is 12.0. The summed E-state index contributed by atoms with van der Waals surface area (Å²) >= 11 is 4.92. The molecule has 0 unspecified atom stereocenters. The third kappa shape index (κ3) is 2.98. The molecule has 1 saturated heterocycles. The average Bonchev–Trinajstić information content (AvgIpc) is 3.16. The second kappa shape index (κ2) is 6.31. The van der Waals surface area contributed by atoms with Crippen molar-refractivity contribution in [3.63, 3.8) is 0 Å². The van der Waals surface area contributed by atoms with Gasteiger partial charge in [0, 0.05) is 26.3 Å². The quantitative estimate of drug-likeness (QED) is 0.485. The van der Waals surface area contributed by atoms with Crippen molar-refractivity contribution < 1.29 is 4.79 Å². The van der Waals surface area contributed by atoms with Crippen LogP contribution in [-0.2, 0) is 4.79 Å². The number of nitrogens with zero attached hydrogens (tertiary/aromatic N) is 2. The Morgan fingerprint density at radius 2 is 2.12 bits per heavy atom. The van der Waals surface area contributed by atoms with Crippen LogP contribution in [0.15, 0.2) is 38.9 Å². The molecular formula is C18H15BrN4OS. The Morgan fingerprint density at radius 1 is 1.28 bits per heavy atom. The van der Waals surface area contributed by atoms with Gasteiger partial charge in [-0.2, -0.15) is 5.10 Å². The van der Waals surface area contributed by atoms with Crippen molar-refractivity contribution in [1.29, 1.82) is 0 Å². The molecule has 1 aromatic heterocycles. The van der Waals surface area contributed by atoms with Crippen LogP contribution in [-0.4, -0.2) is 28.0 Å². The van der Waals surface area contributed by atoms with Gasteiger partial charge in [-0.3, -0.25) is 4.79 Å². The molecule has 1 amide bonds. The number of nitrogens with one attached hydrogen (secondary N) is 2. The van der Waals surface area contributed by atoms with Crippen molar-refractivity contribution in [3.8, 4) is 0 Å². The van der Waals surface area contributed by atoms with Gasteiger partial charge in [0.05, 0.1) is 12.0 Å². The molecule has 1 aliphatic heterocycles. The third-order valence-corrected chi connectivity index (χ3v) is 5.62. The molecule has 2 heterocycles. The van der Waals surface area contributed by atoms with E-state index in [1.165, 1.54) is 22.5 Å². The van der Waals surface area contributed by atoms with E-state index < -0.39 is 0 Å². The van der Waals surface area contributed by atoms with Crippen LogP contribution in [0.25, 0.3) is 21.8 Å². The minimum Gasteiger partial charge on any atom is -0.354 e. The Kier molecular flexibility index (Phi) is 4.13. The van der Waals surface area contributed by atoms with Crippen LogP contribution in [0, 0.1) is 13.8 Å². The van der Waals surface area contributed by atoms with Crippen LogP contribution >= 0.6 is 27.7 Å². The molecule has 0 radical (unpaired) electrons. The number of fused-ring (bicyclic) bond motifs is 3. The number of amidine groups is 1. The van der Waals surface area contributed by atoms with Crippen LogP contribution in [0.5, 0.6) is 0 Å². The van der Waals surface area contributed by atoms with Gasteiger partial charge in [0.2, 0.25) is 5.91 Å². The number of amides is 1. The first-order valence-corrected chi connectivity index (χ1v) is 9.55. The monoisotopic (exact) mass is 414 g/mol. The van der Waals surface area contributed by atoms with E-state index in [0.29, 0.717) is 10.9 Å². The highest BCUT2D eigenvalue weighted by molar-refractivity contribution is 9.10. The minimum absolute atomic E-state index is 0.0308. The zero-order chi connectivity index (χ0) is 17.6. The molecule has 1 aliphatic rings. The van der Waals surface area contributed by atoms with Gasteiger partial charge in [-0.1, -0.05) is 27.7 Å². The molecule has 0 saturated carbocycles. The van der Waals surface area contributed by atoms with Crippen LogP contribution in [0.3, 0.4) is 0 Å². The Morgan fingerprint density at radius 3 is 2.88 bits per heavy atom. The first-order valence-electron chi connectivity index (χ1n) is 7.78. The largest absolute Gasteiger partial charge is 0.354 e. The molecule has 0 atom stereocenters. The smallest absolute Gasteiger partial charge is 0.236 e. The molecule has 126 valence electrons. The van der Waals surface area contributed by atoms with E-state index >= 15 is 0 Å². The van der Waals surface area contributed by atoms with Crippen molar-refractivity contribution in [2.24, 2.45) is 10.2 Å². The molecule has 3 aromatic rings. The summed E-state index contributed by atoms with van der Waals surface area (Å²) in [5.74, 6) is 0.375. The summed E-state index contributed by atoms with van der Waals surface area (Å²) in [6, 6.07) is 8.35. The van der Waals surface area contributed by atoms with Gasteiger partial charge < -0.3 is 10.3 Å². The van der Waals surface area contributed by atoms with Crippen LogP contribution < -0.4 is 5.32 Å². The fourth-order valence-corrected chi connectivity index (χ4v) is 4.06. The molecule has 2 aromatic carbocycles. The molecule has 1 fully saturated rings. The van der Waals surface area contributed by atoms with Crippen molar-refractivity contribution in [2.45, 2.75) is 13.8 Å². The van der Waals surface area contributed by atoms with Crippen LogP contribution in [0.4, 0.5) is 0 Å². The minimum atomic E-state index is -0.0308. The Bertz CT molecular complexity index is 1080. The molecule has 5 nitrogen and oxygen atoms in total. The van der Waals surface area contributed by atoms with E-state index in [0.717, 1.165) is 32.2 Å². The fraction of sp³-hybridized carbons (Fsp3) is 0.167. The standard InChI is InChI=1S/C18H15BrN4OS/c1-9-5-11(7-20-23-18-22-15(24)8-25-18)10(2)16-13-6-12(19)3-4-14(13)21-17(9)16/h3-7,21H,8H2,1-2H3,(H,22,23,24). The zero-order valence-corrected chi connectivity index (χ0v) is 16.1. The number of aromatic amines is 1. The second-order valence-corrected chi connectivity index (χ2v) is 7.84. The molecule has 0 spiro atoms. The van der Waals surface area contributed by atoms with Gasteiger partial charge >= 0.3 is 0 Å². The van der Waals surface area contributed by atoms with Crippen molar-refractivity contribution in [2.75, 3.05) is 5.75 Å².